The molecular formula is C65H100O12. The summed E-state index contributed by atoms with van der Waals surface area (Å²) in [5.74, 6) is -1.82. The molecule has 0 atom stereocenters. The van der Waals surface area contributed by atoms with Crippen molar-refractivity contribution in [1.29, 1.82) is 0 Å². The zero-order valence-electron chi connectivity index (χ0n) is 48.9. The van der Waals surface area contributed by atoms with Crippen molar-refractivity contribution in [2.45, 2.75) is 216 Å². The van der Waals surface area contributed by atoms with Crippen LogP contribution < -0.4 is 0 Å². The van der Waals surface area contributed by atoms with Crippen LogP contribution in [0.1, 0.15) is 278 Å². The summed E-state index contributed by atoms with van der Waals surface area (Å²) in [5, 5.41) is 0. The summed E-state index contributed by atoms with van der Waals surface area (Å²) in [6.45, 7) is 19.2. The van der Waals surface area contributed by atoms with Crippen molar-refractivity contribution < 1.29 is 57.2 Å². The quantitative estimate of drug-likeness (QED) is 0.0303. The van der Waals surface area contributed by atoms with Crippen LogP contribution in [0.15, 0.2) is 72.8 Å². The van der Waals surface area contributed by atoms with Crippen molar-refractivity contribution in [2.24, 2.45) is 11.8 Å². The van der Waals surface area contributed by atoms with Gasteiger partial charge in [-0.05, 0) is 86.8 Å². The van der Waals surface area contributed by atoms with E-state index in [2.05, 4.69) is 48.5 Å². The largest absolute Gasteiger partial charge is 0.462 e. The number of carbonyl (C=O) groups is 6. The number of ether oxygens (including phenoxy) is 6. The van der Waals surface area contributed by atoms with E-state index in [-0.39, 0.29) is 22.3 Å². The molecule has 77 heavy (non-hydrogen) atoms. The van der Waals surface area contributed by atoms with Crippen LogP contribution in [0.2, 0.25) is 0 Å². The Morgan fingerprint density at radius 2 is 0.455 bits per heavy atom. The summed E-state index contributed by atoms with van der Waals surface area (Å²) in [7, 11) is 0. The van der Waals surface area contributed by atoms with E-state index in [4.69, 9.17) is 28.4 Å². The molecule has 12 heteroatoms. The van der Waals surface area contributed by atoms with Crippen LogP contribution in [-0.2, 0) is 28.4 Å². The van der Waals surface area contributed by atoms with Gasteiger partial charge in [0, 0.05) is 0 Å². The summed E-state index contributed by atoms with van der Waals surface area (Å²) in [4.78, 5) is 73.4. The molecule has 0 N–H and O–H groups in total. The molecule has 0 radical (unpaired) electrons. The summed E-state index contributed by atoms with van der Waals surface area (Å²) < 4.78 is 31.8. The second kappa shape index (κ2) is 46.6. The van der Waals surface area contributed by atoms with Crippen LogP contribution in [0.4, 0.5) is 0 Å². The summed E-state index contributed by atoms with van der Waals surface area (Å²) in [6, 6.07) is 20.1. The van der Waals surface area contributed by atoms with Crippen LogP contribution in [-0.4, -0.2) is 75.5 Å². The highest BCUT2D eigenvalue weighted by Gasteiger charge is 2.21. The van der Waals surface area contributed by atoms with Gasteiger partial charge in [-0.2, -0.15) is 0 Å². The highest BCUT2D eigenvalue weighted by molar-refractivity contribution is 6.04. The molecule has 0 saturated heterocycles. The Labute approximate surface area is 464 Å². The number of hydrogen-bond acceptors (Lipinski definition) is 12. The van der Waals surface area contributed by atoms with Crippen molar-refractivity contribution in [3.63, 3.8) is 0 Å². The fourth-order valence-corrected chi connectivity index (χ4v) is 7.74. The Balaban J connectivity index is 0.000000585. The maximum Gasteiger partial charge on any atom is 0.339 e. The molecule has 0 heterocycles. The Bertz CT molecular complexity index is 2000. The molecule has 0 fully saturated rings. The summed E-state index contributed by atoms with van der Waals surface area (Å²) in [6.07, 6.45) is 27.9. The van der Waals surface area contributed by atoms with E-state index in [0.717, 1.165) is 64.2 Å². The molecule has 12 nitrogen and oxygen atoms in total. The minimum absolute atomic E-state index is 0.265. The number of carbonyl (C=O) groups excluding carboxylic acids is 6. The first kappa shape index (κ1) is 69.5. The molecule has 0 aromatic heterocycles. The molecule has 0 bridgehead atoms. The van der Waals surface area contributed by atoms with Gasteiger partial charge >= 0.3 is 35.8 Å². The van der Waals surface area contributed by atoms with Crippen LogP contribution in [0.3, 0.4) is 0 Å². The van der Waals surface area contributed by atoms with Crippen LogP contribution >= 0.6 is 0 Å². The fraction of sp³-hybridized carbons (Fsp3) is 0.631. The Hall–Kier alpha value is -5.52. The second-order valence-corrected chi connectivity index (χ2v) is 20.5. The van der Waals surface area contributed by atoms with Crippen molar-refractivity contribution in [1.82, 2.24) is 0 Å². The predicted molar refractivity (Wildman–Crippen MR) is 309 cm³/mol. The second-order valence-electron chi connectivity index (χ2n) is 20.5. The molecule has 3 rings (SSSR count). The summed E-state index contributed by atoms with van der Waals surface area (Å²) in [5.41, 5.74) is 1.69. The lowest BCUT2D eigenvalue weighted by molar-refractivity contribution is 0.0440. The van der Waals surface area contributed by atoms with Crippen molar-refractivity contribution in [3.05, 3.63) is 106 Å². The molecule has 0 spiro atoms. The third-order valence-corrected chi connectivity index (χ3v) is 12.6. The van der Waals surface area contributed by atoms with Gasteiger partial charge in [0.05, 0.1) is 73.0 Å². The molecule has 3 aromatic carbocycles. The molecule has 0 unspecified atom stereocenters. The van der Waals surface area contributed by atoms with Gasteiger partial charge in [0.2, 0.25) is 0 Å². The average molecular weight is 1070 g/mol. The van der Waals surface area contributed by atoms with Crippen molar-refractivity contribution >= 4 is 35.8 Å². The maximum atomic E-state index is 12.4. The lowest BCUT2D eigenvalue weighted by Gasteiger charge is -2.11. The van der Waals surface area contributed by atoms with Gasteiger partial charge in [-0.25, -0.2) is 28.8 Å². The van der Waals surface area contributed by atoms with Gasteiger partial charge < -0.3 is 28.4 Å². The van der Waals surface area contributed by atoms with Gasteiger partial charge in [0.15, 0.2) is 0 Å². The predicted octanol–water partition coefficient (Wildman–Crippen LogP) is 17.1. The number of hydrogen-bond donors (Lipinski definition) is 0. The maximum absolute atomic E-state index is 12.4. The topological polar surface area (TPSA) is 158 Å². The standard InChI is InChI=1S/C26H42O4.C21H32O4.C18H26O4/c1-3-5-7-9-11-12-14-18-22-30-26(28)24-20-16-15-19-23(24)25(27)29-21-17-13-10-8-6-4-2;1-3-5-7-8-9-10-13-17-25-21(23)19-15-12-11-14-18(19)20(22)24-16-6-4-2;1-13(2)9-11-21-17(19)15-7-5-6-8-16(15)18(20)22-12-10-14(3)4/h15-16,19-20H,3-14,17-18,21-22H2,1-2H3;11-12,14-15H,3-10,13,16-17H2,1-2H3;5-8,13-14H,9-12H2,1-4H3. The highest BCUT2D eigenvalue weighted by Crippen LogP contribution is 2.18. The lowest BCUT2D eigenvalue weighted by atomic mass is 10.1. The average Bonchev–Trinajstić information content (AvgIpc) is 3.43. The third kappa shape index (κ3) is 34.1. The molecule has 0 aliphatic heterocycles. The first-order valence-electron chi connectivity index (χ1n) is 29.6. The van der Waals surface area contributed by atoms with Gasteiger partial charge in [-0.3, -0.25) is 0 Å². The van der Waals surface area contributed by atoms with E-state index in [0.29, 0.717) is 62.6 Å². The van der Waals surface area contributed by atoms with Crippen LogP contribution in [0, 0.1) is 11.8 Å². The molecule has 0 aliphatic carbocycles. The van der Waals surface area contributed by atoms with Gasteiger partial charge in [0.25, 0.3) is 0 Å². The normalized spacial score (nSPS) is 10.7. The third-order valence-electron chi connectivity index (χ3n) is 12.6. The van der Waals surface area contributed by atoms with Crippen LogP contribution in [0.25, 0.3) is 0 Å². The Kier molecular flexibility index (Phi) is 42.0. The number of unbranched alkanes of at least 4 members (excludes halogenated alkanes) is 19. The molecular weight excluding hydrogens is 973 g/mol. The first-order chi connectivity index (χ1) is 37.3. The monoisotopic (exact) mass is 1070 g/mol. The zero-order valence-corrected chi connectivity index (χ0v) is 48.9. The first-order valence-corrected chi connectivity index (χ1v) is 29.6. The molecule has 0 amide bonds. The smallest absolute Gasteiger partial charge is 0.339 e. The minimum Gasteiger partial charge on any atom is -0.462 e. The van der Waals surface area contributed by atoms with Crippen molar-refractivity contribution in [3.8, 4) is 0 Å². The summed E-state index contributed by atoms with van der Waals surface area (Å²) >= 11 is 0. The van der Waals surface area contributed by atoms with E-state index in [9.17, 15) is 28.8 Å². The Morgan fingerprint density at radius 3 is 0.662 bits per heavy atom. The van der Waals surface area contributed by atoms with Crippen LogP contribution in [0.5, 0.6) is 0 Å². The van der Waals surface area contributed by atoms with E-state index < -0.39 is 35.8 Å². The highest BCUT2D eigenvalue weighted by atomic mass is 16.6. The molecule has 0 saturated carbocycles. The fourth-order valence-electron chi connectivity index (χ4n) is 7.74. The van der Waals surface area contributed by atoms with Gasteiger partial charge in [-0.15, -0.1) is 0 Å². The van der Waals surface area contributed by atoms with E-state index in [1.54, 1.807) is 72.8 Å². The Morgan fingerprint density at radius 1 is 0.273 bits per heavy atom. The van der Waals surface area contributed by atoms with E-state index in [1.165, 1.54) is 96.3 Å². The van der Waals surface area contributed by atoms with Gasteiger partial charge in [0.1, 0.15) is 0 Å². The minimum atomic E-state index is -0.475. The number of rotatable bonds is 39. The molecule has 432 valence electrons. The molecule has 0 aliphatic rings. The van der Waals surface area contributed by atoms with Gasteiger partial charge in [-0.1, -0.05) is 214 Å². The zero-order chi connectivity index (χ0) is 56.7. The number of benzene rings is 3. The van der Waals surface area contributed by atoms with E-state index >= 15 is 0 Å². The molecule has 3 aromatic rings. The SMILES string of the molecule is CC(C)CCOC(=O)c1ccccc1C(=O)OCCC(C)C.CCCCCCCCCCOC(=O)c1ccccc1C(=O)OCCCCCCCC.CCCCCCCCCOC(=O)c1ccccc1C(=O)OCCCC. The van der Waals surface area contributed by atoms with Crippen molar-refractivity contribution in [2.75, 3.05) is 39.6 Å². The van der Waals surface area contributed by atoms with E-state index in [1.807, 2.05) is 6.92 Å². The number of esters is 6. The lowest BCUT2D eigenvalue weighted by Crippen LogP contribution is -2.15.